The summed E-state index contributed by atoms with van der Waals surface area (Å²) < 4.78 is 5.05. The molecule has 8 nitrogen and oxygen atoms in total. The molecule has 0 spiro atoms. The molecule has 0 bridgehead atoms. The maximum atomic E-state index is 11.7. The molecular formula is C20H18N3O5-. The maximum Gasteiger partial charge on any atom is 0.259 e. The Balaban J connectivity index is 1.74. The lowest BCUT2D eigenvalue weighted by Gasteiger charge is -2.02. The van der Waals surface area contributed by atoms with E-state index in [9.17, 15) is 19.5 Å². The van der Waals surface area contributed by atoms with Crippen LogP contribution in [0.5, 0.6) is 5.75 Å². The number of aromatic carboxylic acids is 1. The molecule has 0 radical (unpaired) electrons. The number of nitrogens with one attached hydrogen (secondary N) is 2. The molecule has 0 atom stereocenters. The number of ether oxygens (including phenoxy) is 1. The summed E-state index contributed by atoms with van der Waals surface area (Å²) in [6.07, 6.45) is 4.28. The average molecular weight is 380 g/mol. The molecule has 2 aromatic carbocycles. The van der Waals surface area contributed by atoms with Crippen molar-refractivity contribution < 1.29 is 24.2 Å². The van der Waals surface area contributed by atoms with Gasteiger partial charge in [0.05, 0.1) is 25.8 Å². The Hall–Kier alpha value is -3.94. The lowest BCUT2D eigenvalue weighted by atomic mass is 10.1. The van der Waals surface area contributed by atoms with Crippen molar-refractivity contribution in [2.45, 2.75) is 0 Å². The van der Waals surface area contributed by atoms with Crippen LogP contribution in [0.3, 0.4) is 0 Å². The first-order valence-corrected chi connectivity index (χ1v) is 8.21. The zero-order valence-corrected chi connectivity index (χ0v) is 15.0. The van der Waals surface area contributed by atoms with Crippen LogP contribution in [0.2, 0.25) is 0 Å². The number of methoxy groups -OCH3 is 1. The minimum absolute atomic E-state index is 0.0478. The number of benzene rings is 2. The van der Waals surface area contributed by atoms with E-state index in [1.165, 1.54) is 36.6 Å². The van der Waals surface area contributed by atoms with Crippen LogP contribution in [-0.2, 0) is 9.59 Å². The van der Waals surface area contributed by atoms with E-state index >= 15 is 0 Å². The second kappa shape index (κ2) is 10.3. The third kappa shape index (κ3) is 6.75. The molecule has 0 aromatic heterocycles. The number of hydrazone groups is 1. The van der Waals surface area contributed by atoms with Crippen molar-refractivity contribution in [3.05, 3.63) is 71.3 Å². The van der Waals surface area contributed by atoms with Gasteiger partial charge in [0.1, 0.15) is 5.75 Å². The molecule has 2 rings (SSSR count). The molecule has 144 valence electrons. The number of carboxylic acids is 1. The summed E-state index contributed by atoms with van der Waals surface area (Å²) in [7, 11) is 1.57. The Kier molecular flexibility index (Phi) is 7.47. The molecule has 0 aliphatic carbocycles. The monoisotopic (exact) mass is 380 g/mol. The summed E-state index contributed by atoms with van der Waals surface area (Å²) in [5.74, 6) is -1.48. The highest BCUT2D eigenvalue weighted by Crippen LogP contribution is 2.12. The van der Waals surface area contributed by atoms with Gasteiger partial charge in [-0.3, -0.25) is 9.59 Å². The highest BCUT2D eigenvalue weighted by molar-refractivity contribution is 5.94. The first kappa shape index (κ1) is 20.4. The smallest absolute Gasteiger partial charge is 0.259 e. The molecule has 8 heteroatoms. The predicted molar refractivity (Wildman–Crippen MR) is 102 cm³/mol. The van der Waals surface area contributed by atoms with Gasteiger partial charge in [-0.2, -0.15) is 5.10 Å². The zero-order chi connectivity index (χ0) is 20.4. The predicted octanol–water partition coefficient (Wildman–Crippen LogP) is 0.338. The SMILES string of the molecule is COc1ccc(C=CC(=O)NCC(=O)NN=Cc2ccc(C(=O)[O-])cc2)cc1. The molecule has 0 unspecified atom stereocenters. The number of amides is 2. The van der Waals surface area contributed by atoms with Gasteiger partial charge < -0.3 is 20.0 Å². The van der Waals surface area contributed by atoms with Gasteiger partial charge in [-0.1, -0.05) is 36.4 Å². The van der Waals surface area contributed by atoms with Crippen molar-refractivity contribution in [3.8, 4) is 5.75 Å². The Labute approximate surface area is 161 Å². The van der Waals surface area contributed by atoms with Crippen LogP contribution < -0.4 is 20.6 Å². The fraction of sp³-hybridized carbons (Fsp3) is 0.100. The van der Waals surface area contributed by atoms with Crippen LogP contribution >= 0.6 is 0 Å². The second-order valence-corrected chi connectivity index (χ2v) is 5.53. The van der Waals surface area contributed by atoms with Crippen LogP contribution in [0.4, 0.5) is 0 Å². The Morgan fingerprint density at radius 2 is 1.68 bits per heavy atom. The number of carboxylic acid groups (broad SMARTS) is 1. The summed E-state index contributed by atoms with van der Waals surface area (Å²) in [6, 6.07) is 12.9. The molecule has 0 aliphatic rings. The van der Waals surface area contributed by atoms with Crippen LogP contribution in [-0.4, -0.2) is 37.7 Å². The summed E-state index contributed by atoms with van der Waals surface area (Å²) in [4.78, 5) is 34.0. The van der Waals surface area contributed by atoms with E-state index in [-0.39, 0.29) is 12.1 Å². The van der Waals surface area contributed by atoms with Gasteiger partial charge in [0.2, 0.25) is 5.91 Å². The highest BCUT2D eigenvalue weighted by Gasteiger charge is 2.02. The molecule has 0 fully saturated rings. The van der Waals surface area contributed by atoms with Gasteiger partial charge in [-0.05, 0) is 34.9 Å². The molecule has 28 heavy (non-hydrogen) atoms. The number of hydrogen-bond acceptors (Lipinski definition) is 6. The van der Waals surface area contributed by atoms with Gasteiger partial charge in [-0.15, -0.1) is 0 Å². The fourth-order valence-corrected chi connectivity index (χ4v) is 2.04. The average Bonchev–Trinajstić information content (AvgIpc) is 2.71. The van der Waals surface area contributed by atoms with Crippen molar-refractivity contribution >= 4 is 30.1 Å². The van der Waals surface area contributed by atoms with Crippen LogP contribution in [0.15, 0.2) is 59.7 Å². The molecule has 2 aromatic rings. The Morgan fingerprint density at radius 3 is 2.29 bits per heavy atom. The highest BCUT2D eigenvalue weighted by atomic mass is 16.5. The number of nitrogens with zero attached hydrogens (tertiary/aromatic N) is 1. The zero-order valence-electron chi connectivity index (χ0n) is 15.0. The topological polar surface area (TPSA) is 120 Å². The molecule has 0 saturated heterocycles. The minimum Gasteiger partial charge on any atom is -0.545 e. The Morgan fingerprint density at radius 1 is 1.04 bits per heavy atom. The Bertz CT molecular complexity index is 887. The lowest BCUT2D eigenvalue weighted by Crippen LogP contribution is -2.34. The van der Waals surface area contributed by atoms with Gasteiger partial charge >= 0.3 is 0 Å². The van der Waals surface area contributed by atoms with E-state index in [1.807, 2.05) is 0 Å². The van der Waals surface area contributed by atoms with Gasteiger partial charge in [0.25, 0.3) is 5.91 Å². The number of carbonyl (C=O) groups is 3. The minimum atomic E-state index is -1.27. The number of hydrogen-bond donors (Lipinski definition) is 2. The lowest BCUT2D eigenvalue weighted by molar-refractivity contribution is -0.255. The first-order chi connectivity index (χ1) is 13.5. The molecule has 0 aliphatic heterocycles. The molecule has 0 heterocycles. The third-order valence-corrected chi connectivity index (χ3v) is 3.52. The maximum absolute atomic E-state index is 11.7. The van der Waals surface area contributed by atoms with Crippen molar-refractivity contribution in [2.24, 2.45) is 5.10 Å². The quantitative estimate of drug-likeness (QED) is 0.389. The van der Waals surface area contributed by atoms with E-state index in [1.54, 1.807) is 37.5 Å². The molecule has 2 amide bonds. The van der Waals surface area contributed by atoms with Gasteiger partial charge in [0, 0.05) is 6.08 Å². The number of carbonyl (C=O) groups excluding carboxylic acids is 3. The second-order valence-electron chi connectivity index (χ2n) is 5.53. The third-order valence-electron chi connectivity index (χ3n) is 3.52. The summed E-state index contributed by atoms with van der Waals surface area (Å²) in [5, 5.41) is 16.8. The normalized spacial score (nSPS) is 10.8. The first-order valence-electron chi connectivity index (χ1n) is 8.21. The standard InChI is InChI=1S/C20H19N3O5/c1-28-17-9-4-14(5-10-17)6-11-18(24)21-13-19(25)23-22-12-15-2-7-16(8-3-15)20(26)27/h2-12H,13H2,1H3,(H,21,24)(H,23,25)(H,26,27)/p-1. The van der Waals surface area contributed by atoms with Crippen molar-refractivity contribution in [1.82, 2.24) is 10.7 Å². The van der Waals surface area contributed by atoms with E-state index in [4.69, 9.17) is 4.74 Å². The summed E-state index contributed by atoms with van der Waals surface area (Å²) in [6.45, 7) is -0.243. The molecular weight excluding hydrogens is 362 g/mol. The van der Waals surface area contributed by atoms with Crippen LogP contribution in [0, 0.1) is 0 Å². The number of rotatable bonds is 8. The van der Waals surface area contributed by atoms with E-state index in [0.29, 0.717) is 11.3 Å². The van der Waals surface area contributed by atoms with Crippen molar-refractivity contribution in [3.63, 3.8) is 0 Å². The van der Waals surface area contributed by atoms with E-state index < -0.39 is 17.8 Å². The van der Waals surface area contributed by atoms with Crippen molar-refractivity contribution in [2.75, 3.05) is 13.7 Å². The summed E-state index contributed by atoms with van der Waals surface area (Å²) >= 11 is 0. The fourth-order valence-electron chi connectivity index (χ4n) is 2.04. The van der Waals surface area contributed by atoms with Crippen molar-refractivity contribution in [1.29, 1.82) is 0 Å². The summed E-state index contributed by atoms with van der Waals surface area (Å²) in [5.41, 5.74) is 3.72. The molecule has 0 saturated carbocycles. The van der Waals surface area contributed by atoms with Crippen LogP contribution in [0.25, 0.3) is 6.08 Å². The van der Waals surface area contributed by atoms with Gasteiger partial charge in [-0.25, -0.2) is 5.43 Å². The van der Waals surface area contributed by atoms with E-state index in [2.05, 4.69) is 15.8 Å². The van der Waals surface area contributed by atoms with Crippen LogP contribution in [0.1, 0.15) is 21.5 Å². The van der Waals surface area contributed by atoms with E-state index in [0.717, 1.165) is 5.56 Å². The van der Waals surface area contributed by atoms with Gasteiger partial charge in [0.15, 0.2) is 0 Å². The molecule has 2 N–H and O–H groups in total. The largest absolute Gasteiger partial charge is 0.545 e.